The van der Waals surface area contributed by atoms with Crippen molar-refractivity contribution in [2.24, 2.45) is 5.73 Å². The first-order chi connectivity index (χ1) is 8.59. The third-order valence-electron chi connectivity index (χ3n) is 2.93. The summed E-state index contributed by atoms with van der Waals surface area (Å²) < 4.78 is 0. The van der Waals surface area contributed by atoms with Gasteiger partial charge in [0.15, 0.2) is 0 Å². The van der Waals surface area contributed by atoms with Gasteiger partial charge in [0, 0.05) is 5.69 Å². The Balaban J connectivity index is 2.43. The molecule has 0 saturated heterocycles. The van der Waals surface area contributed by atoms with Crippen LogP contribution in [0.15, 0.2) is 42.5 Å². The molecule has 0 fully saturated rings. The minimum absolute atomic E-state index is 0.427. The maximum Gasteiger partial charge on any atom is 0.250 e. The van der Waals surface area contributed by atoms with E-state index in [1.54, 1.807) is 12.1 Å². The molecule has 3 nitrogen and oxygen atoms in total. The van der Waals surface area contributed by atoms with Crippen LogP contribution in [0.5, 0.6) is 0 Å². The van der Waals surface area contributed by atoms with Crippen LogP contribution in [-0.4, -0.2) is 5.91 Å². The van der Waals surface area contributed by atoms with Crippen LogP contribution in [0.4, 0.5) is 11.4 Å². The molecule has 2 rings (SSSR count). The maximum absolute atomic E-state index is 11.4. The fraction of sp³-hybridized carbons (Fsp3) is 0.133. The number of benzene rings is 2. The first-order valence-corrected chi connectivity index (χ1v) is 5.81. The summed E-state index contributed by atoms with van der Waals surface area (Å²) in [6.07, 6.45) is 0. The van der Waals surface area contributed by atoms with Crippen LogP contribution in [0.25, 0.3) is 0 Å². The molecule has 0 spiro atoms. The average Bonchev–Trinajstić information content (AvgIpc) is 2.34. The summed E-state index contributed by atoms with van der Waals surface area (Å²) in [5, 5.41) is 3.29. The van der Waals surface area contributed by atoms with Crippen molar-refractivity contribution >= 4 is 17.3 Å². The molecule has 92 valence electrons. The van der Waals surface area contributed by atoms with Crippen molar-refractivity contribution in [3.8, 4) is 0 Å². The van der Waals surface area contributed by atoms with E-state index in [1.807, 2.05) is 44.2 Å². The molecule has 1 amide bonds. The number of carbonyl (C=O) groups is 1. The zero-order valence-corrected chi connectivity index (χ0v) is 10.5. The molecular formula is C15H16N2O. The van der Waals surface area contributed by atoms with E-state index in [0.717, 1.165) is 22.5 Å². The van der Waals surface area contributed by atoms with Crippen LogP contribution in [0, 0.1) is 13.8 Å². The minimum Gasteiger partial charge on any atom is -0.366 e. The molecule has 3 N–H and O–H groups in total. The Hall–Kier alpha value is -2.29. The average molecular weight is 240 g/mol. The van der Waals surface area contributed by atoms with Gasteiger partial charge < -0.3 is 11.1 Å². The lowest BCUT2D eigenvalue weighted by molar-refractivity contribution is 0.100. The predicted octanol–water partition coefficient (Wildman–Crippen LogP) is 3.15. The molecule has 0 aliphatic rings. The second-order valence-corrected chi connectivity index (χ2v) is 4.30. The summed E-state index contributed by atoms with van der Waals surface area (Å²) in [7, 11) is 0. The Morgan fingerprint density at radius 3 is 2.22 bits per heavy atom. The quantitative estimate of drug-likeness (QED) is 0.865. The Kier molecular flexibility index (Phi) is 3.33. The maximum atomic E-state index is 11.4. The van der Waals surface area contributed by atoms with Gasteiger partial charge in [0.05, 0.1) is 11.3 Å². The molecule has 3 heteroatoms. The van der Waals surface area contributed by atoms with Gasteiger partial charge in [-0.15, -0.1) is 0 Å². The number of aryl methyl sites for hydroxylation is 2. The highest BCUT2D eigenvalue weighted by Crippen LogP contribution is 2.26. The fourth-order valence-corrected chi connectivity index (χ4v) is 1.95. The van der Waals surface area contributed by atoms with Gasteiger partial charge in [0.1, 0.15) is 0 Å². The normalized spacial score (nSPS) is 10.1. The van der Waals surface area contributed by atoms with Crippen molar-refractivity contribution in [2.45, 2.75) is 13.8 Å². The molecule has 0 bridgehead atoms. The van der Waals surface area contributed by atoms with E-state index in [-0.39, 0.29) is 0 Å². The van der Waals surface area contributed by atoms with Crippen molar-refractivity contribution < 1.29 is 4.79 Å². The van der Waals surface area contributed by atoms with Crippen molar-refractivity contribution in [3.05, 3.63) is 59.2 Å². The number of carbonyl (C=O) groups excluding carboxylic acids is 1. The zero-order chi connectivity index (χ0) is 13.1. The number of anilines is 2. The molecule has 0 aromatic heterocycles. The highest BCUT2D eigenvalue weighted by Gasteiger charge is 2.09. The van der Waals surface area contributed by atoms with Crippen molar-refractivity contribution in [1.82, 2.24) is 0 Å². The number of amides is 1. The van der Waals surface area contributed by atoms with Crippen molar-refractivity contribution in [3.63, 3.8) is 0 Å². The van der Waals surface area contributed by atoms with Crippen LogP contribution in [0.3, 0.4) is 0 Å². The number of hydrogen-bond donors (Lipinski definition) is 2. The Morgan fingerprint density at radius 1 is 1.00 bits per heavy atom. The Bertz CT molecular complexity index is 571. The lowest BCUT2D eigenvalue weighted by Gasteiger charge is -2.14. The van der Waals surface area contributed by atoms with E-state index in [9.17, 15) is 4.79 Å². The molecule has 0 aliphatic carbocycles. The van der Waals surface area contributed by atoms with Gasteiger partial charge in [-0.25, -0.2) is 0 Å². The lowest BCUT2D eigenvalue weighted by Crippen LogP contribution is -2.13. The van der Waals surface area contributed by atoms with Gasteiger partial charge in [-0.2, -0.15) is 0 Å². The number of nitrogens with one attached hydrogen (secondary N) is 1. The van der Waals surface area contributed by atoms with E-state index < -0.39 is 5.91 Å². The first kappa shape index (κ1) is 12.2. The third kappa shape index (κ3) is 2.35. The second kappa shape index (κ2) is 4.92. The molecule has 0 unspecified atom stereocenters. The van der Waals surface area contributed by atoms with E-state index in [4.69, 9.17) is 5.73 Å². The molecule has 2 aromatic carbocycles. The first-order valence-electron chi connectivity index (χ1n) is 5.81. The highest BCUT2D eigenvalue weighted by molar-refractivity contribution is 5.99. The topological polar surface area (TPSA) is 55.1 Å². The number of para-hydroxylation sites is 2. The van der Waals surface area contributed by atoms with Crippen LogP contribution >= 0.6 is 0 Å². The van der Waals surface area contributed by atoms with E-state index in [1.165, 1.54) is 0 Å². The highest BCUT2D eigenvalue weighted by atomic mass is 16.1. The summed E-state index contributed by atoms with van der Waals surface area (Å²) in [6, 6.07) is 13.3. The Morgan fingerprint density at radius 2 is 1.61 bits per heavy atom. The van der Waals surface area contributed by atoms with E-state index in [0.29, 0.717) is 5.56 Å². The van der Waals surface area contributed by atoms with Crippen LogP contribution < -0.4 is 11.1 Å². The predicted molar refractivity (Wildman–Crippen MR) is 74.2 cm³/mol. The standard InChI is InChI=1S/C15H16N2O/c1-10-6-5-7-11(2)14(10)17-13-9-4-3-8-12(13)15(16)18/h3-9,17H,1-2H3,(H2,16,18). The molecule has 0 aliphatic heterocycles. The monoisotopic (exact) mass is 240 g/mol. The third-order valence-corrected chi connectivity index (χ3v) is 2.93. The summed E-state index contributed by atoms with van der Waals surface area (Å²) in [4.78, 5) is 11.4. The molecule has 18 heavy (non-hydrogen) atoms. The molecule has 0 heterocycles. The van der Waals surface area contributed by atoms with Gasteiger partial charge in [-0.05, 0) is 37.1 Å². The molecule has 2 aromatic rings. The van der Waals surface area contributed by atoms with E-state index in [2.05, 4.69) is 5.32 Å². The zero-order valence-electron chi connectivity index (χ0n) is 10.5. The SMILES string of the molecule is Cc1cccc(C)c1Nc1ccccc1C(N)=O. The van der Waals surface area contributed by atoms with Crippen LogP contribution in [0.2, 0.25) is 0 Å². The largest absolute Gasteiger partial charge is 0.366 e. The summed E-state index contributed by atoms with van der Waals surface area (Å²) >= 11 is 0. The van der Waals surface area contributed by atoms with E-state index >= 15 is 0 Å². The van der Waals surface area contributed by atoms with Gasteiger partial charge in [-0.3, -0.25) is 4.79 Å². The van der Waals surface area contributed by atoms with Gasteiger partial charge in [0.2, 0.25) is 0 Å². The molecule has 0 saturated carbocycles. The van der Waals surface area contributed by atoms with Gasteiger partial charge in [-0.1, -0.05) is 30.3 Å². The van der Waals surface area contributed by atoms with Crippen molar-refractivity contribution in [1.29, 1.82) is 0 Å². The second-order valence-electron chi connectivity index (χ2n) is 4.30. The van der Waals surface area contributed by atoms with Crippen molar-refractivity contribution in [2.75, 3.05) is 5.32 Å². The van der Waals surface area contributed by atoms with Crippen LogP contribution in [-0.2, 0) is 0 Å². The lowest BCUT2D eigenvalue weighted by atomic mass is 10.1. The van der Waals surface area contributed by atoms with Gasteiger partial charge in [0.25, 0.3) is 5.91 Å². The molecule has 0 radical (unpaired) electrons. The molecular weight excluding hydrogens is 224 g/mol. The molecule has 0 atom stereocenters. The summed E-state index contributed by atoms with van der Waals surface area (Å²) in [6.45, 7) is 4.06. The number of nitrogens with two attached hydrogens (primary N) is 1. The fourth-order valence-electron chi connectivity index (χ4n) is 1.95. The minimum atomic E-state index is -0.427. The Labute approximate surface area is 107 Å². The number of hydrogen-bond acceptors (Lipinski definition) is 2. The number of primary amides is 1. The summed E-state index contributed by atoms with van der Waals surface area (Å²) in [5.74, 6) is -0.427. The van der Waals surface area contributed by atoms with Crippen LogP contribution in [0.1, 0.15) is 21.5 Å². The summed E-state index contributed by atoms with van der Waals surface area (Å²) in [5.41, 5.74) is 9.89. The number of rotatable bonds is 3. The smallest absolute Gasteiger partial charge is 0.250 e. The van der Waals surface area contributed by atoms with Gasteiger partial charge >= 0.3 is 0 Å².